The van der Waals surface area contributed by atoms with Gasteiger partial charge in [0.2, 0.25) is 16.9 Å². The molecule has 0 saturated carbocycles. The van der Waals surface area contributed by atoms with Gasteiger partial charge < -0.3 is 19.3 Å². The van der Waals surface area contributed by atoms with Crippen LogP contribution in [0.4, 0.5) is 4.39 Å². The van der Waals surface area contributed by atoms with Crippen LogP contribution in [0.5, 0.6) is 5.75 Å². The Morgan fingerprint density at radius 1 is 1.07 bits per heavy atom. The zero-order chi connectivity index (χ0) is 19.6. The van der Waals surface area contributed by atoms with E-state index in [1.165, 1.54) is 31.3 Å². The molecule has 27 heavy (non-hydrogen) atoms. The Labute approximate surface area is 152 Å². The lowest BCUT2D eigenvalue weighted by atomic mass is 10.1. The maximum absolute atomic E-state index is 13.0. The van der Waals surface area contributed by atoms with E-state index in [0.29, 0.717) is 12.2 Å². The molecule has 3 aromatic rings. The molecule has 1 aromatic carbocycles. The average Bonchev–Trinajstić information content (AvgIpc) is 3.13. The van der Waals surface area contributed by atoms with Gasteiger partial charge in [-0.05, 0) is 29.8 Å². The van der Waals surface area contributed by atoms with Crippen LogP contribution < -0.4 is 10.7 Å². The summed E-state index contributed by atoms with van der Waals surface area (Å²) in [4.78, 5) is 35.9. The normalized spacial score (nSPS) is 10.6. The summed E-state index contributed by atoms with van der Waals surface area (Å²) in [6.07, 6.45) is 0.307. The predicted octanol–water partition coefficient (Wildman–Crippen LogP) is 2.26. The van der Waals surface area contributed by atoms with E-state index in [9.17, 15) is 23.9 Å². The minimum absolute atomic E-state index is 0.181. The predicted molar refractivity (Wildman–Crippen MR) is 91.4 cm³/mol. The van der Waals surface area contributed by atoms with Gasteiger partial charge in [0.05, 0.1) is 0 Å². The molecule has 8 heteroatoms. The molecule has 2 N–H and O–H groups in total. The highest BCUT2D eigenvalue weighted by Crippen LogP contribution is 2.21. The van der Waals surface area contributed by atoms with Gasteiger partial charge in [-0.3, -0.25) is 14.4 Å². The number of hydrogen-bond donors (Lipinski definition) is 2. The van der Waals surface area contributed by atoms with Crippen molar-refractivity contribution in [2.75, 3.05) is 7.05 Å². The van der Waals surface area contributed by atoms with Gasteiger partial charge in [-0.1, -0.05) is 12.1 Å². The van der Waals surface area contributed by atoms with E-state index in [-0.39, 0.29) is 11.6 Å². The number of carbonyl (C=O) groups excluding carboxylic acids is 2. The average molecular weight is 371 g/mol. The van der Waals surface area contributed by atoms with E-state index in [1.807, 2.05) is 0 Å². The number of rotatable bonds is 5. The second kappa shape index (κ2) is 7.28. The molecule has 0 aliphatic heterocycles. The molecule has 2 aromatic heterocycles. The summed E-state index contributed by atoms with van der Waals surface area (Å²) >= 11 is 0. The molecule has 2 heterocycles. The van der Waals surface area contributed by atoms with E-state index in [2.05, 4.69) is 5.32 Å². The standard InChI is InChI=1S/C19H14FNO6/c1-21-19(25)15-9-13(22)16(23)18(27-15)17(24)14-7-6-12(26-14)8-10-2-4-11(20)5-3-10/h2-7,9,23H,8H2,1H3,(H,21,25). The zero-order valence-electron chi connectivity index (χ0n) is 14.1. The maximum atomic E-state index is 13.0. The lowest BCUT2D eigenvalue weighted by Gasteiger charge is -2.04. The molecular formula is C19H14FNO6. The molecule has 3 rings (SSSR count). The van der Waals surface area contributed by atoms with Gasteiger partial charge in [-0.2, -0.15) is 0 Å². The Kier molecular flexibility index (Phi) is 4.89. The number of benzene rings is 1. The molecular weight excluding hydrogens is 357 g/mol. The van der Waals surface area contributed by atoms with Gasteiger partial charge in [-0.25, -0.2) is 4.39 Å². The Balaban J connectivity index is 1.89. The first-order chi connectivity index (χ1) is 12.9. The highest BCUT2D eigenvalue weighted by molar-refractivity contribution is 6.07. The third kappa shape index (κ3) is 3.79. The van der Waals surface area contributed by atoms with Gasteiger partial charge in [0.25, 0.3) is 11.7 Å². The molecule has 0 saturated heterocycles. The first kappa shape index (κ1) is 18.1. The summed E-state index contributed by atoms with van der Waals surface area (Å²) in [6, 6.07) is 9.45. The van der Waals surface area contributed by atoms with Crippen LogP contribution in [0.25, 0.3) is 0 Å². The van der Waals surface area contributed by atoms with Crippen molar-refractivity contribution in [3.8, 4) is 5.75 Å². The summed E-state index contributed by atoms with van der Waals surface area (Å²) in [7, 11) is 1.32. The Bertz CT molecular complexity index is 1060. The molecule has 0 aliphatic carbocycles. The number of ketones is 1. The summed E-state index contributed by atoms with van der Waals surface area (Å²) in [6.45, 7) is 0. The fourth-order valence-corrected chi connectivity index (χ4v) is 2.39. The Hall–Kier alpha value is -3.68. The van der Waals surface area contributed by atoms with Gasteiger partial charge >= 0.3 is 0 Å². The molecule has 0 aliphatic rings. The van der Waals surface area contributed by atoms with Gasteiger partial charge in [0, 0.05) is 19.5 Å². The van der Waals surface area contributed by atoms with E-state index in [1.54, 1.807) is 12.1 Å². The molecule has 0 spiro atoms. The smallest absolute Gasteiger partial charge is 0.286 e. The zero-order valence-corrected chi connectivity index (χ0v) is 14.1. The molecule has 138 valence electrons. The van der Waals surface area contributed by atoms with Crippen molar-refractivity contribution < 1.29 is 27.9 Å². The molecule has 1 amide bonds. The lowest BCUT2D eigenvalue weighted by Crippen LogP contribution is -2.21. The second-order valence-electron chi connectivity index (χ2n) is 5.63. The maximum Gasteiger partial charge on any atom is 0.286 e. The molecule has 0 fully saturated rings. The number of halogens is 1. The molecule has 0 atom stereocenters. The molecule has 7 nitrogen and oxygen atoms in total. The monoisotopic (exact) mass is 371 g/mol. The Morgan fingerprint density at radius 3 is 2.44 bits per heavy atom. The topological polar surface area (TPSA) is 110 Å². The van der Waals surface area contributed by atoms with Crippen molar-refractivity contribution in [2.24, 2.45) is 0 Å². The minimum atomic E-state index is -0.929. The van der Waals surface area contributed by atoms with Crippen LogP contribution >= 0.6 is 0 Å². The number of aromatic hydroxyl groups is 1. The number of carbonyl (C=O) groups is 2. The minimum Gasteiger partial charge on any atom is -0.501 e. The van der Waals surface area contributed by atoms with E-state index >= 15 is 0 Å². The molecule has 0 unspecified atom stereocenters. The fourth-order valence-electron chi connectivity index (χ4n) is 2.39. The summed E-state index contributed by atoms with van der Waals surface area (Å²) in [5, 5.41) is 12.1. The second-order valence-corrected chi connectivity index (χ2v) is 5.63. The Morgan fingerprint density at radius 2 is 1.78 bits per heavy atom. The SMILES string of the molecule is CNC(=O)c1cc(=O)c(O)c(C(=O)c2ccc(Cc3ccc(F)cc3)o2)o1. The van der Waals surface area contributed by atoms with Crippen molar-refractivity contribution in [1.82, 2.24) is 5.32 Å². The first-order valence-corrected chi connectivity index (χ1v) is 7.86. The summed E-state index contributed by atoms with van der Waals surface area (Å²) < 4.78 is 23.5. The van der Waals surface area contributed by atoms with E-state index in [0.717, 1.165) is 11.6 Å². The number of furan rings is 1. The van der Waals surface area contributed by atoms with Crippen molar-refractivity contribution in [3.05, 3.63) is 87.1 Å². The number of nitrogens with one attached hydrogen (secondary N) is 1. The number of hydrogen-bond acceptors (Lipinski definition) is 6. The fraction of sp³-hybridized carbons (Fsp3) is 0.105. The van der Waals surface area contributed by atoms with Crippen LogP contribution in [0.3, 0.4) is 0 Å². The van der Waals surface area contributed by atoms with Crippen LogP contribution in [0.15, 0.2) is 56.1 Å². The van der Waals surface area contributed by atoms with Crippen LogP contribution in [-0.4, -0.2) is 23.8 Å². The van der Waals surface area contributed by atoms with Crippen molar-refractivity contribution in [2.45, 2.75) is 6.42 Å². The molecule has 0 radical (unpaired) electrons. The summed E-state index contributed by atoms with van der Waals surface area (Å²) in [5.74, 6) is -3.77. The van der Waals surface area contributed by atoms with Gasteiger partial charge in [0.1, 0.15) is 11.6 Å². The third-order valence-corrected chi connectivity index (χ3v) is 3.76. The quantitative estimate of drug-likeness (QED) is 0.666. The van der Waals surface area contributed by atoms with Crippen molar-refractivity contribution >= 4 is 11.7 Å². The molecule has 0 bridgehead atoms. The van der Waals surface area contributed by atoms with Gasteiger partial charge in [-0.15, -0.1) is 0 Å². The highest BCUT2D eigenvalue weighted by atomic mass is 19.1. The van der Waals surface area contributed by atoms with Crippen LogP contribution in [-0.2, 0) is 6.42 Å². The van der Waals surface area contributed by atoms with E-state index < -0.39 is 34.4 Å². The van der Waals surface area contributed by atoms with Crippen molar-refractivity contribution in [3.63, 3.8) is 0 Å². The first-order valence-electron chi connectivity index (χ1n) is 7.86. The largest absolute Gasteiger partial charge is 0.501 e. The van der Waals surface area contributed by atoms with Gasteiger partial charge in [0.15, 0.2) is 11.5 Å². The summed E-state index contributed by atoms with van der Waals surface area (Å²) in [5.41, 5.74) is -0.165. The highest BCUT2D eigenvalue weighted by Gasteiger charge is 2.24. The lowest BCUT2D eigenvalue weighted by molar-refractivity contribution is 0.0916. The van der Waals surface area contributed by atoms with Crippen LogP contribution in [0.2, 0.25) is 0 Å². The van der Waals surface area contributed by atoms with Crippen molar-refractivity contribution in [1.29, 1.82) is 0 Å². The number of amides is 1. The van der Waals surface area contributed by atoms with Crippen LogP contribution in [0, 0.1) is 5.82 Å². The third-order valence-electron chi connectivity index (χ3n) is 3.76. The van der Waals surface area contributed by atoms with E-state index in [4.69, 9.17) is 8.83 Å². The van der Waals surface area contributed by atoms with Crippen LogP contribution in [0.1, 0.15) is 38.2 Å².